The van der Waals surface area contributed by atoms with Gasteiger partial charge in [-0.2, -0.15) is 0 Å². The number of carbonyl (C=O) groups is 1. The third kappa shape index (κ3) is 5.99. The van der Waals surface area contributed by atoms with Gasteiger partial charge in [-0.1, -0.05) is 27.5 Å². The summed E-state index contributed by atoms with van der Waals surface area (Å²) in [5, 5.41) is 0.604. The van der Waals surface area contributed by atoms with Gasteiger partial charge < -0.3 is 0 Å². The van der Waals surface area contributed by atoms with Crippen LogP contribution in [-0.4, -0.2) is 13.1 Å². The fourth-order valence-corrected chi connectivity index (χ4v) is 2.44. The standard InChI is InChI=1S/C15H14BrClFN3O.ClH/c1-21(14-4-2-12(17)3-5-14)15(22)20-19-9-10-6-11(16)8-13(18)7-10;/h2-8,19H,9H2,1H3,(H,20,22);1H. The van der Waals surface area contributed by atoms with Crippen molar-refractivity contribution in [1.29, 1.82) is 0 Å². The Morgan fingerprint density at radius 2 is 1.91 bits per heavy atom. The van der Waals surface area contributed by atoms with Gasteiger partial charge in [-0.25, -0.2) is 14.6 Å². The van der Waals surface area contributed by atoms with Crippen LogP contribution in [0.2, 0.25) is 5.02 Å². The number of benzene rings is 2. The van der Waals surface area contributed by atoms with Crippen molar-refractivity contribution in [3.63, 3.8) is 0 Å². The van der Waals surface area contributed by atoms with Crippen molar-refractivity contribution >= 4 is 51.7 Å². The largest absolute Gasteiger partial charge is 0.335 e. The van der Waals surface area contributed by atoms with Crippen molar-refractivity contribution in [1.82, 2.24) is 10.9 Å². The van der Waals surface area contributed by atoms with Crippen LogP contribution >= 0.6 is 39.9 Å². The fourth-order valence-electron chi connectivity index (χ4n) is 1.80. The molecule has 23 heavy (non-hydrogen) atoms. The highest BCUT2D eigenvalue weighted by molar-refractivity contribution is 9.10. The molecule has 0 radical (unpaired) electrons. The highest BCUT2D eigenvalue weighted by atomic mass is 79.9. The maximum Gasteiger partial charge on any atom is 0.335 e. The molecular formula is C15H15BrCl2FN3O. The zero-order chi connectivity index (χ0) is 16.1. The number of halogens is 4. The molecule has 0 aliphatic carbocycles. The van der Waals surface area contributed by atoms with Crippen LogP contribution in [-0.2, 0) is 6.54 Å². The maximum absolute atomic E-state index is 13.2. The van der Waals surface area contributed by atoms with E-state index in [1.54, 1.807) is 37.4 Å². The van der Waals surface area contributed by atoms with E-state index in [0.717, 1.165) is 0 Å². The molecule has 124 valence electrons. The zero-order valence-electron chi connectivity index (χ0n) is 12.1. The number of hydrazine groups is 1. The number of nitrogens with zero attached hydrogens (tertiary/aromatic N) is 1. The first-order valence-corrected chi connectivity index (χ1v) is 7.60. The topological polar surface area (TPSA) is 44.4 Å². The number of rotatable bonds is 4. The molecule has 2 aromatic carbocycles. The van der Waals surface area contributed by atoms with Crippen molar-refractivity contribution in [2.75, 3.05) is 11.9 Å². The number of nitrogens with one attached hydrogen (secondary N) is 2. The van der Waals surface area contributed by atoms with Crippen LogP contribution in [0.4, 0.5) is 14.9 Å². The Morgan fingerprint density at radius 3 is 2.52 bits per heavy atom. The van der Waals surface area contributed by atoms with Gasteiger partial charge in [-0.3, -0.25) is 10.3 Å². The van der Waals surface area contributed by atoms with Crippen molar-refractivity contribution in [2.45, 2.75) is 6.54 Å². The monoisotopic (exact) mass is 421 g/mol. The Hall–Kier alpha value is -1.34. The van der Waals surface area contributed by atoms with E-state index in [1.807, 2.05) is 0 Å². The van der Waals surface area contributed by atoms with Gasteiger partial charge in [-0.15, -0.1) is 12.4 Å². The van der Waals surface area contributed by atoms with Gasteiger partial charge >= 0.3 is 6.03 Å². The van der Waals surface area contributed by atoms with Gasteiger partial charge in [0.1, 0.15) is 5.82 Å². The molecule has 2 rings (SSSR count). The summed E-state index contributed by atoms with van der Waals surface area (Å²) in [5.41, 5.74) is 6.73. The Morgan fingerprint density at radius 1 is 1.26 bits per heavy atom. The molecule has 0 fully saturated rings. The normalized spacial score (nSPS) is 9.91. The minimum absolute atomic E-state index is 0. The molecule has 2 amide bonds. The highest BCUT2D eigenvalue weighted by Crippen LogP contribution is 2.17. The summed E-state index contributed by atoms with van der Waals surface area (Å²) in [5.74, 6) is -0.337. The quantitative estimate of drug-likeness (QED) is 0.711. The summed E-state index contributed by atoms with van der Waals surface area (Å²) in [6, 6.07) is 11.1. The first kappa shape index (κ1) is 19.7. The predicted octanol–water partition coefficient (Wildman–Crippen LogP) is 4.51. The van der Waals surface area contributed by atoms with E-state index in [2.05, 4.69) is 26.8 Å². The SMILES string of the molecule is CN(C(=O)NNCc1cc(F)cc(Br)c1)c1ccc(Cl)cc1.Cl. The lowest BCUT2D eigenvalue weighted by Crippen LogP contribution is -2.44. The first-order valence-electron chi connectivity index (χ1n) is 6.43. The molecule has 2 N–H and O–H groups in total. The van der Waals surface area contributed by atoms with Crippen LogP contribution < -0.4 is 15.8 Å². The Bertz CT molecular complexity index is 650. The van der Waals surface area contributed by atoms with E-state index in [-0.39, 0.29) is 24.3 Å². The lowest BCUT2D eigenvalue weighted by molar-refractivity contribution is 0.243. The second kappa shape index (κ2) is 9.08. The molecule has 0 unspecified atom stereocenters. The van der Waals surface area contributed by atoms with Gasteiger partial charge in [0.15, 0.2) is 0 Å². The predicted molar refractivity (Wildman–Crippen MR) is 96.6 cm³/mol. The number of hydrogen-bond acceptors (Lipinski definition) is 2. The average molecular weight is 423 g/mol. The molecule has 0 saturated carbocycles. The third-order valence-corrected chi connectivity index (χ3v) is 3.64. The summed E-state index contributed by atoms with van der Waals surface area (Å²) >= 11 is 9.03. The van der Waals surface area contributed by atoms with Crippen molar-refractivity contribution in [3.8, 4) is 0 Å². The Kier molecular flexibility index (Phi) is 7.78. The van der Waals surface area contributed by atoms with Gasteiger partial charge in [0.25, 0.3) is 0 Å². The minimum atomic E-state index is -0.337. The van der Waals surface area contributed by atoms with E-state index in [4.69, 9.17) is 11.6 Å². The van der Waals surface area contributed by atoms with Crippen LogP contribution in [0.1, 0.15) is 5.56 Å². The van der Waals surface area contributed by atoms with Crippen LogP contribution in [0.25, 0.3) is 0 Å². The molecule has 0 saturated heterocycles. The molecule has 0 atom stereocenters. The van der Waals surface area contributed by atoms with E-state index in [9.17, 15) is 9.18 Å². The lowest BCUT2D eigenvalue weighted by atomic mass is 10.2. The second-order valence-electron chi connectivity index (χ2n) is 4.60. The number of anilines is 1. The maximum atomic E-state index is 13.2. The fraction of sp³-hybridized carbons (Fsp3) is 0.133. The summed E-state index contributed by atoms with van der Waals surface area (Å²) in [7, 11) is 1.64. The van der Waals surface area contributed by atoms with Crippen LogP contribution in [0.3, 0.4) is 0 Å². The van der Waals surface area contributed by atoms with Gasteiger partial charge in [0.2, 0.25) is 0 Å². The van der Waals surface area contributed by atoms with E-state index in [0.29, 0.717) is 27.3 Å². The summed E-state index contributed by atoms with van der Waals surface area (Å²) in [4.78, 5) is 13.4. The Balaban J connectivity index is 0.00000264. The molecule has 0 aliphatic rings. The molecule has 0 spiro atoms. The third-order valence-electron chi connectivity index (χ3n) is 2.93. The van der Waals surface area contributed by atoms with Crippen molar-refractivity contribution < 1.29 is 9.18 Å². The van der Waals surface area contributed by atoms with Crippen LogP contribution in [0.15, 0.2) is 46.9 Å². The molecule has 4 nitrogen and oxygen atoms in total. The van der Waals surface area contributed by atoms with E-state index < -0.39 is 0 Å². The van der Waals surface area contributed by atoms with Gasteiger partial charge in [0, 0.05) is 28.8 Å². The molecule has 0 heterocycles. The molecule has 2 aromatic rings. The lowest BCUT2D eigenvalue weighted by Gasteiger charge is -2.18. The summed E-state index contributed by atoms with van der Waals surface area (Å²) in [6.07, 6.45) is 0. The van der Waals surface area contributed by atoms with E-state index >= 15 is 0 Å². The van der Waals surface area contributed by atoms with Crippen molar-refractivity contribution in [2.24, 2.45) is 0 Å². The number of carbonyl (C=O) groups excluding carboxylic acids is 1. The molecular weight excluding hydrogens is 408 g/mol. The van der Waals surface area contributed by atoms with Gasteiger partial charge in [-0.05, 0) is 48.0 Å². The zero-order valence-corrected chi connectivity index (χ0v) is 15.3. The van der Waals surface area contributed by atoms with Gasteiger partial charge in [0.05, 0.1) is 0 Å². The Labute approximate surface area is 153 Å². The first-order chi connectivity index (χ1) is 10.5. The van der Waals surface area contributed by atoms with Crippen LogP contribution in [0, 0.1) is 5.82 Å². The number of urea groups is 1. The molecule has 0 aromatic heterocycles. The minimum Gasteiger partial charge on any atom is -0.296 e. The van der Waals surface area contributed by atoms with Crippen molar-refractivity contribution in [3.05, 3.63) is 63.3 Å². The molecule has 0 bridgehead atoms. The van der Waals surface area contributed by atoms with Crippen LogP contribution in [0.5, 0.6) is 0 Å². The summed E-state index contributed by atoms with van der Waals surface area (Å²) < 4.78 is 13.9. The smallest absolute Gasteiger partial charge is 0.296 e. The number of amides is 2. The molecule has 0 aliphatic heterocycles. The van der Waals surface area contributed by atoms with E-state index in [1.165, 1.54) is 17.0 Å². The summed E-state index contributed by atoms with van der Waals surface area (Å²) in [6.45, 7) is 0.302. The molecule has 8 heteroatoms. The second-order valence-corrected chi connectivity index (χ2v) is 5.95. The number of hydrogen-bond donors (Lipinski definition) is 2. The average Bonchev–Trinajstić information content (AvgIpc) is 2.46. The highest BCUT2D eigenvalue weighted by Gasteiger charge is 2.10.